The van der Waals surface area contributed by atoms with Crippen molar-refractivity contribution in [3.63, 3.8) is 0 Å². The summed E-state index contributed by atoms with van der Waals surface area (Å²) in [5.74, 6) is -0.435. The summed E-state index contributed by atoms with van der Waals surface area (Å²) in [6, 6.07) is 11.4. The quantitative estimate of drug-likeness (QED) is 0.557. The maximum Gasteiger partial charge on any atom is 0.276 e. The molecule has 0 atom stereocenters. The third kappa shape index (κ3) is 4.21. The number of amides is 1. The minimum absolute atomic E-state index is 0.114. The number of aromatic nitrogens is 3. The number of rotatable bonds is 5. The number of pyridine rings is 1. The second-order valence-corrected chi connectivity index (χ2v) is 6.17. The van der Waals surface area contributed by atoms with Crippen molar-refractivity contribution in [2.45, 2.75) is 9.92 Å². The largest absolute Gasteiger partial charge is 0.320 e. The van der Waals surface area contributed by atoms with Crippen LogP contribution in [0.4, 0.5) is 11.4 Å². The van der Waals surface area contributed by atoms with Gasteiger partial charge in [0, 0.05) is 42.2 Å². The van der Waals surface area contributed by atoms with Crippen molar-refractivity contribution in [3.05, 3.63) is 70.7 Å². The Kier molecular flexibility index (Phi) is 4.75. The number of hydrogen-bond acceptors (Lipinski definition) is 6. The van der Waals surface area contributed by atoms with Crippen LogP contribution in [-0.2, 0) is 7.05 Å². The van der Waals surface area contributed by atoms with E-state index in [1.54, 1.807) is 43.7 Å². The molecule has 0 saturated heterocycles. The monoisotopic (exact) mass is 355 g/mol. The maximum atomic E-state index is 12.2. The molecule has 0 unspecified atom stereocenters. The molecule has 0 spiro atoms. The molecule has 25 heavy (non-hydrogen) atoms. The van der Waals surface area contributed by atoms with E-state index in [1.807, 2.05) is 6.07 Å². The first-order chi connectivity index (χ1) is 12.0. The van der Waals surface area contributed by atoms with Crippen molar-refractivity contribution in [1.29, 1.82) is 0 Å². The van der Waals surface area contributed by atoms with Crippen molar-refractivity contribution in [3.8, 4) is 0 Å². The van der Waals surface area contributed by atoms with Gasteiger partial charge < -0.3 is 5.32 Å². The molecule has 1 aromatic carbocycles. The lowest BCUT2D eigenvalue weighted by Crippen LogP contribution is -2.13. The molecule has 0 aliphatic rings. The molecule has 3 rings (SSSR count). The van der Waals surface area contributed by atoms with Gasteiger partial charge in [-0.2, -0.15) is 5.10 Å². The second kappa shape index (κ2) is 7.14. The molecule has 1 amide bonds. The molecule has 1 N–H and O–H groups in total. The SMILES string of the molecule is Cn1ccc(C(=O)Nc2cc(Sc3ccccn3)cc([N+](=O)[O-])c2)n1. The van der Waals surface area contributed by atoms with Crippen LogP contribution >= 0.6 is 11.8 Å². The summed E-state index contributed by atoms with van der Waals surface area (Å²) in [7, 11) is 1.70. The Balaban J connectivity index is 1.87. The fourth-order valence-corrected chi connectivity index (χ4v) is 2.95. The van der Waals surface area contributed by atoms with E-state index in [2.05, 4.69) is 15.4 Å². The highest BCUT2D eigenvalue weighted by Gasteiger charge is 2.15. The van der Waals surface area contributed by atoms with Gasteiger partial charge in [0.2, 0.25) is 0 Å². The van der Waals surface area contributed by atoms with E-state index >= 15 is 0 Å². The Labute approximate surface area is 147 Å². The van der Waals surface area contributed by atoms with Crippen LogP contribution in [0.3, 0.4) is 0 Å². The third-order valence-corrected chi connectivity index (χ3v) is 4.09. The first kappa shape index (κ1) is 16.7. The highest BCUT2D eigenvalue weighted by atomic mass is 32.2. The van der Waals surface area contributed by atoms with E-state index in [0.717, 1.165) is 0 Å². The van der Waals surface area contributed by atoms with Crippen LogP contribution < -0.4 is 5.32 Å². The number of aryl methyl sites for hydroxylation is 1. The van der Waals surface area contributed by atoms with E-state index in [9.17, 15) is 14.9 Å². The lowest BCUT2D eigenvalue weighted by Gasteiger charge is -2.07. The number of nitro benzene ring substituents is 1. The summed E-state index contributed by atoms with van der Waals surface area (Å²) in [6.45, 7) is 0. The van der Waals surface area contributed by atoms with Gasteiger partial charge in [0.1, 0.15) is 5.03 Å². The zero-order chi connectivity index (χ0) is 17.8. The molecular weight excluding hydrogens is 342 g/mol. The average Bonchev–Trinajstić information content (AvgIpc) is 3.02. The molecule has 9 heteroatoms. The number of anilines is 1. The van der Waals surface area contributed by atoms with Crippen LogP contribution in [-0.4, -0.2) is 25.6 Å². The minimum Gasteiger partial charge on any atom is -0.320 e. The molecule has 0 radical (unpaired) electrons. The smallest absolute Gasteiger partial charge is 0.276 e. The number of nitrogens with one attached hydrogen (secondary N) is 1. The fourth-order valence-electron chi connectivity index (χ4n) is 2.08. The van der Waals surface area contributed by atoms with Crippen LogP contribution in [0.5, 0.6) is 0 Å². The predicted octanol–water partition coefficient (Wildman–Crippen LogP) is 3.13. The fraction of sp³-hybridized carbons (Fsp3) is 0.0625. The van der Waals surface area contributed by atoms with Crippen molar-refractivity contribution < 1.29 is 9.72 Å². The molecule has 0 fully saturated rings. The van der Waals surface area contributed by atoms with E-state index in [1.165, 1.54) is 28.6 Å². The molecule has 0 aliphatic carbocycles. The summed E-state index contributed by atoms with van der Waals surface area (Å²) in [4.78, 5) is 27.7. The van der Waals surface area contributed by atoms with Crippen LogP contribution in [0, 0.1) is 10.1 Å². The summed E-state index contributed by atoms with van der Waals surface area (Å²) in [5.41, 5.74) is 0.438. The van der Waals surface area contributed by atoms with E-state index in [4.69, 9.17) is 0 Å². The van der Waals surface area contributed by atoms with Gasteiger partial charge >= 0.3 is 0 Å². The van der Waals surface area contributed by atoms with Gasteiger partial charge in [0.05, 0.1) is 4.92 Å². The first-order valence-corrected chi connectivity index (χ1v) is 8.02. The van der Waals surface area contributed by atoms with Crippen molar-refractivity contribution in [1.82, 2.24) is 14.8 Å². The van der Waals surface area contributed by atoms with Crippen molar-refractivity contribution in [2.24, 2.45) is 7.05 Å². The minimum atomic E-state index is -0.501. The van der Waals surface area contributed by atoms with Gasteiger partial charge in [-0.05, 0) is 24.3 Å². The average molecular weight is 355 g/mol. The van der Waals surface area contributed by atoms with Gasteiger partial charge in [-0.15, -0.1) is 0 Å². The zero-order valence-electron chi connectivity index (χ0n) is 13.1. The third-order valence-electron chi connectivity index (χ3n) is 3.17. The molecule has 0 aliphatic heterocycles. The molecule has 126 valence electrons. The Morgan fingerprint density at radius 2 is 2.12 bits per heavy atom. The number of nitrogens with zero attached hydrogens (tertiary/aromatic N) is 4. The van der Waals surface area contributed by atoms with E-state index in [0.29, 0.717) is 15.6 Å². The Morgan fingerprint density at radius 3 is 2.76 bits per heavy atom. The summed E-state index contributed by atoms with van der Waals surface area (Å²) in [5, 5.41) is 18.5. The highest BCUT2D eigenvalue weighted by molar-refractivity contribution is 7.99. The van der Waals surface area contributed by atoms with Gasteiger partial charge in [-0.1, -0.05) is 17.8 Å². The number of carbonyl (C=O) groups is 1. The van der Waals surface area contributed by atoms with Crippen LogP contribution in [0.1, 0.15) is 10.5 Å². The molecule has 0 saturated carbocycles. The Morgan fingerprint density at radius 1 is 1.28 bits per heavy atom. The number of benzene rings is 1. The maximum absolute atomic E-state index is 12.2. The molecule has 3 aromatic rings. The molecular formula is C16H13N5O3S. The molecule has 8 nitrogen and oxygen atoms in total. The second-order valence-electron chi connectivity index (χ2n) is 5.07. The lowest BCUT2D eigenvalue weighted by molar-refractivity contribution is -0.385. The topological polar surface area (TPSA) is 103 Å². The normalized spacial score (nSPS) is 10.4. The van der Waals surface area contributed by atoms with Crippen LogP contribution in [0.2, 0.25) is 0 Å². The van der Waals surface area contributed by atoms with E-state index < -0.39 is 10.8 Å². The number of carbonyl (C=O) groups excluding carboxylic acids is 1. The summed E-state index contributed by atoms with van der Waals surface area (Å²) in [6.07, 6.45) is 3.29. The summed E-state index contributed by atoms with van der Waals surface area (Å²) >= 11 is 1.27. The number of nitro groups is 1. The number of hydrogen-bond donors (Lipinski definition) is 1. The van der Waals surface area contributed by atoms with Gasteiger partial charge in [0.25, 0.3) is 11.6 Å². The van der Waals surface area contributed by atoms with Gasteiger partial charge in [-0.25, -0.2) is 4.98 Å². The van der Waals surface area contributed by atoms with Crippen LogP contribution in [0.25, 0.3) is 0 Å². The van der Waals surface area contributed by atoms with Crippen molar-refractivity contribution in [2.75, 3.05) is 5.32 Å². The molecule has 0 bridgehead atoms. The van der Waals surface area contributed by atoms with Gasteiger partial charge in [0.15, 0.2) is 5.69 Å². The predicted molar refractivity (Wildman–Crippen MR) is 92.6 cm³/mol. The molecule has 2 aromatic heterocycles. The van der Waals surface area contributed by atoms with Gasteiger partial charge in [-0.3, -0.25) is 19.6 Å². The zero-order valence-corrected chi connectivity index (χ0v) is 13.9. The van der Waals surface area contributed by atoms with Crippen molar-refractivity contribution >= 4 is 29.0 Å². The number of non-ortho nitro benzene ring substituents is 1. The van der Waals surface area contributed by atoms with E-state index in [-0.39, 0.29) is 11.4 Å². The summed E-state index contributed by atoms with van der Waals surface area (Å²) < 4.78 is 1.50. The Hall–Kier alpha value is -3.20. The molecule has 2 heterocycles. The standard InChI is InChI=1S/C16H13N5O3S/c1-20-7-5-14(19-20)16(22)18-11-8-12(21(23)24)10-13(9-11)25-15-4-2-3-6-17-15/h2-10H,1H3,(H,18,22). The first-order valence-electron chi connectivity index (χ1n) is 7.20. The van der Waals surface area contributed by atoms with Crippen LogP contribution in [0.15, 0.2) is 64.8 Å². The highest BCUT2D eigenvalue weighted by Crippen LogP contribution is 2.32. The lowest BCUT2D eigenvalue weighted by atomic mass is 10.2. The Bertz CT molecular complexity index is 927.